The van der Waals surface area contributed by atoms with Gasteiger partial charge in [-0.15, -0.1) is 0 Å². The SMILES string of the molecule is CC/C=C\C/C=C\C/C=C\C/C=C\C/C=C\C/C=C\CCC(=O)OCC(COP(=O)(O)OCC(O)COP(=O)(O)OCC(COC(=O)CCCCCCCCCCCCCCCCC)OC(=O)CCCCCCC/C=C\C/C=C\CCC)OC(=O)CCCCCCC/C=C\C/C=C\CCC. The summed E-state index contributed by atoms with van der Waals surface area (Å²) in [6.45, 7) is 4.53. The molecule has 0 bridgehead atoms. The Balaban J connectivity index is 5.40. The van der Waals surface area contributed by atoms with Crippen LogP contribution in [0.15, 0.2) is 122 Å². The number of carbonyl (C=O) groups excluding carboxylic acids is 4. The fraction of sp³-hybridized carbons (Fsp3) is 0.704. The first kappa shape index (κ1) is 95.5. The van der Waals surface area contributed by atoms with Gasteiger partial charge < -0.3 is 33.8 Å². The first-order valence-electron chi connectivity index (χ1n) is 38.8. The first-order valence-corrected chi connectivity index (χ1v) is 41.8. The van der Waals surface area contributed by atoms with Crippen molar-refractivity contribution >= 4 is 39.5 Å². The third-order valence-corrected chi connectivity index (χ3v) is 17.8. The highest BCUT2D eigenvalue weighted by molar-refractivity contribution is 7.47. The normalized spacial score (nSPS) is 14.6. The van der Waals surface area contributed by atoms with Gasteiger partial charge in [-0.1, -0.05) is 290 Å². The van der Waals surface area contributed by atoms with Gasteiger partial charge >= 0.3 is 39.5 Å². The topological polar surface area (TPSA) is 237 Å². The molecule has 574 valence electrons. The largest absolute Gasteiger partial charge is 0.472 e. The van der Waals surface area contributed by atoms with Crippen molar-refractivity contribution in [3.63, 3.8) is 0 Å². The second kappa shape index (κ2) is 72.8. The summed E-state index contributed by atoms with van der Waals surface area (Å²) in [4.78, 5) is 72.8. The van der Waals surface area contributed by atoms with Crippen molar-refractivity contribution in [1.82, 2.24) is 0 Å². The Morgan fingerprint density at radius 2 is 0.560 bits per heavy atom. The van der Waals surface area contributed by atoms with Gasteiger partial charge in [-0.3, -0.25) is 37.3 Å². The zero-order valence-electron chi connectivity index (χ0n) is 62.6. The van der Waals surface area contributed by atoms with E-state index in [1.54, 1.807) is 0 Å². The van der Waals surface area contributed by atoms with Crippen molar-refractivity contribution < 1.29 is 80.2 Å². The molecule has 19 heteroatoms. The third kappa shape index (κ3) is 71.8. The van der Waals surface area contributed by atoms with E-state index in [9.17, 15) is 43.2 Å². The lowest BCUT2D eigenvalue weighted by atomic mass is 10.0. The van der Waals surface area contributed by atoms with Crippen LogP contribution in [-0.4, -0.2) is 96.7 Å². The van der Waals surface area contributed by atoms with Gasteiger partial charge in [0.05, 0.1) is 26.4 Å². The summed E-state index contributed by atoms with van der Waals surface area (Å²) in [6, 6.07) is 0. The monoisotopic (exact) mass is 1440 g/mol. The summed E-state index contributed by atoms with van der Waals surface area (Å²) in [5.41, 5.74) is 0. The van der Waals surface area contributed by atoms with E-state index < -0.39 is 97.5 Å². The molecule has 5 atom stereocenters. The molecule has 0 heterocycles. The number of unbranched alkanes of at least 4 members (excludes halogenated alkanes) is 26. The standard InChI is InChI=1S/C81H138O17P2/c1-5-9-13-17-21-25-29-33-35-36-37-38-40-44-46-50-54-58-62-66-79(84)92-72-77(98-81(86)68-64-60-56-52-48-42-32-28-24-20-16-12-8-4)74-96-100(89,90)94-70-75(82)69-93-99(87,88)95-73-76(97-80(85)67-63-59-55-51-47-41-31-27-23-19-15-11-7-3)71-91-78(83)65-61-57-53-49-45-43-39-34-30-26-22-18-14-10-6-2/h9,13,15-16,19-21,25,27-28,31-33,35,37-38,44,46,54,58,75-77,82H,5-8,10-12,14,17-18,22-24,26,29-30,34,36,39-43,45,47-53,55-57,59-74H2,1-4H3,(H,87,88)(H,89,90)/b13-9-,19-15-,20-16-,25-21-,31-27-,32-28-,35-33-,38-37-,46-44-,58-54-. The van der Waals surface area contributed by atoms with Gasteiger partial charge in [-0.2, -0.15) is 0 Å². The third-order valence-electron chi connectivity index (χ3n) is 15.9. The van der Waals surface area contributed by atoms with Crippen molar-refractivity contribution in [2.75, 3.05) is 39.6 Å². The second-order valence-corrected chi connectivity index (χ2v) is 28.5. The lowest BCUT2D eigenvalue weighted by Crippen LogP contribution is -2.30. The highest BCUT2D eigenvalue weighted by Gasteiger charge is 2.30. The van der Waals surface area contributed by atoms with E-state index in [1.165, 1.54) is 70.6 Å². The van der Waals surface area contributed by atoms with Gasteiger partial charge in [0.2, 0.25) is 0 Å². The molecule has 17 nitrogen and oxygen atoms in total. The number of carbonyl (C=O) groups is 4. The van der Waals surface area contributed by atoms with Crippen LogP contribution in [0, 0.1) is 0 Å². The number of phosphoric acid groups is 2. The smallest absolute Gasteiger partial charge is 0.462 e. The van der Waals surface area contributed by atoms with Crippen molar-refractivity contribution in [2.45, 2.75) is 329 Å². The average Bonchev–Trinajstić information content (AvgIpc) is 0.935. The van der Waals surface area contributed by atoms with E-state index in [1.807, 2.05) is 18.2 Å². The molecular formula is C81H138O17P2. The summed E-state index contributed by atoms with van der Waals surface area (Å²) in [7, 11) is -9.98. The Bertz CT molecular complexity index is 2370. The summed E-state index contributed by atoms with van der Waals surface area (Å²) in [5, 5.41) is 10.6. The lowest BCUT2D eigenvalue weighted by molar-refractivity contribution is -0.161. The summed E-state index contributed by atoms with van der Waals surface area (Å²) in [6.07, 6.45) is 79.2. The Morgan fingerprint density at radius 3 is 0.900 bits per heavy atom. The summed E-state index contributed by atoms with van der Waals surface area (Å²) in [5.74, 6) is -2.30. The molecule has 5 unspecified atom stereocenters. The van der Waals surface area contributed by atoms with Crippen LogP contribution in [0.4, 0.5) is 0 Å². The molecule has 0 radical (unpaired) electrons. The maximum atomic E-state index is 13.1. The number of allylic oxidation sites excluding steroid dienone is 20. The van der Waals surface area contributed by atoms with Crippen LogP contribution in [-0.2, 0) is 65.4 Å². The van der Waals surface area contributed by atoms with E-state index in [2.05, 4.69) is 131 Å². The Hall–Kier alpha value is -4.54. The Kier molecular flexibility index (Phi) is 69.5. The zero-order chi connectivity index (χ0) is 73.2. The molecule has 0 aliphatic rings. The van der Waals surface area contributed by atoms with Crippen molar-refractivity contribution in [3.8, 4) is 0 Å². The molecule has 0 aromatic heterocycles. The number of aliphatic hydroxyl groups is 1. The first-order chi connectivity index (χ1) is 48.7. The summed E-state index contributed by atoms with van der Waals surface area (Å²) < 4.78 is 68.4. The molecule has 0 fully saturated rings. The fourth-order valence-corrected chi connectivity index (χ4v) is 11.6. The quantitative estimate of drug-likeness (QED) is 0.0169. The van der Waals surface area contributed by atoms with E-state index in [0.717, 1.165) is 154 Å². The predicted molar refractivity (Wildman–Crippen MR) is 408 cm³/mol. The lowest BCUT2D eigenvalue weighted by Gasteiger charge is -2.21. The molecule has 100 heavy (non-hydrogen) atoms. The zero-order valence-corrected chi connectivity index (χ0v) is 64.4. The van der Waals surface area contributed by atoms with Gasteiger partial charge in [0.15, 0.2) is 12.2 Å². The maximum absolute atomic E-state index is 13.1. The van der Waals surface area contributed by atoms with Crippen LogP contribution in [0.25, 0.3) is 0 Å². The number of aliphatic hydroxyl groups excluding tert-OH is 1. The van der Waals surface area contributed by atoms with E-state index in [-0.39, 0.29) is 25.7 Å². The molecule has 0 rings (SSSR count). The Labute approximate surface area is 606 Å². The van der Waals surface area contributed by atoms with Crippen molar-refractivity contribution in [3.05, 3.63) is 122 Å². The number of ether oxygens (including phenoxy) is 4. The highest BCUT2D eigenvalue weighted by Crippen LogP contribution is 2.45. The summed E-state index contributed by atoms with van der Waals surface area (Å²) >= 11 is 0. The molecule has 0 saturated carbocycles. The molecule has 0 amide bonds. The van der Waals surface area contributed by atoms with Crippen molar-refractivity contribution in [2.24, 2.45) is 0 Å². The van der Waals surface area contributed by atoms with Gasteiger partial charge in [-0.25, -0.2) is 9.13 Å². The van der Waals surface area contributed by atoms with E-state index in [0.29, 0.717) is 32.1 Å². The molecule has 0 aliphatic heterocycles. The average molecular weight is 1450 g/mol. The number of esters is 4. The Morgan fingerprint density at radius 1 is 0.290 bits per heavy atom. The number of phosphoric ester groups is 2. The van der Waals surface area contributed by atoms with Crippen LogP contribution in [0.5, 0.6) is 0 Å². The second-order valence-electron chi connectivity index (χ2n) is 25.6. The van der Waals surface area contributed by atoms with Gasteiger partial charge in [0.25, 0.3) is 0 Å². The molecule has 0 aromatic carbocycles. The van der Waals surface area contributed by atoms with Crippen LogP contribution < -0.4 is 0 Å². The van der Waals surface area contributed by atoms with E-state index >= 15 is 0 Å². The minimum Gasteiger partial charge on any atom is -0.462 e. The van der Waals surface area contributed by atoms with Gasteiger partial charge in [0, 0.05) is 25.7 Å². The molecule has 0 aromatic rings. The van der Waals surface area contributed by atoms with Crippen LogP contribution in [0.1, 0.15) is 310 Å². The highest BCUT2D eigenvalue weighted by atomic mass is 31.2. The number of hydrogen-bond acceptors (Lipinski definition) is 15. The molecule has 0 spiro atoms. The van der Waals surface area contributed by atoms with Crippen LogP contribution in [0.3, 0.4) is 0 Å². The van der Waals surface area contributed by atoms with Crippen LogP contribution >= 0.6 is 15.6 Å². The van der Waals surface area contributed by atoms with E-state index in [4.69, 9.17) is 37.0 Å². The molecular weight excluding hydrogens is 1310 g/mol. The van der Waals surface area contributed by atoms with Gasteiger partial charge in [-0.05, 0) is 116 Å². The molecule has 0 aliphatic carbocycles. The minimum atomic E-state index is -5.00. The number of hydrogen-bond donors (Lipinski definition) is 3. The predicted octanol–water partition coefficient (Wildman–Crippen LogP) is 22.3. The fourth-order valence-electron chi connectivity index (χ4n) is 10.0. The maximum Gasteiger partial charge on any atom is 0.472 e. The van der Waals surface area contributed by atoms with Crippen LogP contribution in [0.2, 0.25) is 0 Å². The van der Waals surface area contributed by atoms with Crippen molar-refractivity contribution in [1.29, 1.82) is 0 Å². The molecule has 0 saturated heterocycles. The molecule has 3 N–H and O–H groups in total. The van der Waals surface area contributed by atoms with Gasteiger partial charge in [0.1, 0.15) is 19.3 Å². The number of rotatable bonds is 72. The minimum absolute atomic E-state index is 0.0309.